The van der Waals surface area contributed by atoms with Crippen LogP contribution < -0.4 is 10.9 Å². The van der Waals surface area contributed by atoms with E-state index in [2.05, 4.69) is 15.5 Å². The number of nitrogens with one attached hydrogen (secondary N) is 2. The molecule has 1 amide bonds. The number of carbonyl (C=O) groups excluding carboxylic acids is 1. The van der Waals surface area contributed by atoms with Gasteiger partial charge >= 0.3 is 0 Å². The number of amides is 1. The zero-order chi connectivity index (χ0) is 25.5. The van der Waals surface area contributed by atoms with Gasteiger partial charge in [0.2, 0.25) is 0 Å². The second-order valence-electron chi connectivity index (χ2n) is 9.19. The summed E-state index contributed by atoms with van der Waals surface area (Å²) in [6, 6.07) is 16.8. The van der Waals surface area contributed by atoms with Crippen LogP contribution in [0, 0.1) is 19.8 Å². The number of aromatic nitrogens is 1. The van der Waals surface area contributed by atoms with E-state index in [4.69, 9.17) is 0 Å². The number of benzene rings is 2. The Hall–Kier alpha value is -3.71. The minimum absolute atomic E-state index is 0.112. The fraction of sp³-hybridized carbons (Fsp3) is 0.321. The van der Waals surface area contributed by atoms with Crippen LogP contribution >= 0.6 is 0 Å². The Morgan fingerprint density at radius 1 is 1.03 bits per heavy atom. The van der Waals surface area contributed by atoms with Crippen LogP contribution in [0.3, 0.4) is 0 Å². The summed E-state index contributed by atoms with van der Waals surface area (Å²) in [5.41, 5.74) is 5.07. The van der Waals surface area contributed by atoms with Crippen LogP contribution in [0.5, 0.6) is 0 Å². The number of aliphatic hydroxyl groups is 1. The molecular weight excluding hydrogens is 442 g/mol. The van der Waals surface area contributed by atoms with E-state index in [1.165, 1.54) is 0 Å². The monoisotopic (exact) mass is 475 g/mol. The third-order valence-corrected chi connectivity index (χ3v) is 6.40. The van der Waals surface area contributed by atoms with E-state index in [0.717, 1.165) is 16.7 Å². The van der Waals surface area contributed by atoms with Gasteiger partial charge in [-0.2, -0.15) is 0 Å². The number of rotatable bonds is 9. The first-order chi connectivity index (χ1) is 16.7. The van der Waals surface area contributed by atoms with Crippen LogP contribution in [0.15, 0.2) is 70.7 Å². The third kappa shape index (κ3) is 6.25. The first-order valence-corrected chi connectivity index (χ1v) is 11.7. The summed E-state index contributed by atoms with van der Waals surface area (Å²) in [5, 5.41) is 25.8. The number of nitrogens with zero attached hydrogens (tertiary/aromatic N) is 1. The molecular formula is C28H33N3O4. The molecule has 1 aromatic heterocycles. The molecule has 35 heavy (non-hydrogen) atoms. The van der Waals surface area contributed by atoms with E-state index in [9.17, 15) is 19.9 Å². The van der Waals surface area contributed by atoms with Gasteiger partial charge in [0.1, 0.15) is 0 Å². The fourth-order valence-corrected chi connectivity index (χ4v) is 4.10. The number of hydrogen-bond donors (Lipinski definition) is 4. The number of H-pyrrole nitrogens is 1. The normalized spacial score (nSPS) is 13.5. The number of hydrogen-bond acceptors (Lipinski definition) is 5. The highest BCUT2D eigenvalue weighted by atomic mass is 16.4. The lowest BCUT2D eigenvalue weighted by molar-refractivity contribution is 0.0897. The van der Waals surface area contributed by atoms with Gasteiger partial charge in [-0.1, -0.05) is 55.4 Å². The molecule has 1 unspecified atom stereocenters. The number of carbonyl (C=O) groups is 1. The highest BCUT2D eigenvalue weighted by molar-refractivity contribution is 6.01. The summed E-state index contributed by atoms with van der Waals surface area (Å²) in [6.45, 7) is 7.51. The Labute approximate surface area is 205 Å². The standard InChI is InChI=1S/C28H33N3O4/c1-17(2)26(16-32)30-28(34)21-11-9-20(10-12-21)24(23-8-6-5-7-18(23)3)14-25(31-35)22-13-19(4)27(33)29-15-22/h5-13,15,17,24,26,32,35H,14,16H2,1-4H3,(H,29,33)(H,30,34)/b31-25+/t24?,26-/m0/s1. The minimum atomic E-state index is -0.314. The molecule has 0 aliphatic rings. The van der Waals surface area contributed by atoms with Crippen LogP contribution in [0.1, 0.15) is 64.4 Å². The summed E-state index contributed by atoms with van der Waals surface area (Å²) in [5.74, 6) is -0.272. The molecule has 4 N–H and O–H groups in total. The number of aryl methyl sites for hydroxylation is 2. The quantitative estimate of drug-likeness (QED) is 0.212. The van der Waals surface area contributed by atoms with Crippen molar-refractivity contribution in [1.29, 1.82) is 0 Å². The average Bonchev–Trinajstić information content (AvgIpc) is 2.85. The molecule has 0 radical (unpaired) electrons. The molecule has 2 aromatic carbocycles. The van der Waals surface area contributed by atoms with Crippen LogP contribution in [0.4, 0.5) is 0 Å². The molecule has 0 saturated heterocycles. The summed E-state index contributed by atoms with van der Waals surface area (Å²) in [6.07, 6.45) is 1.94. The van der Waals surface area contributed by atoms with Crippen molar-refractivity contribution in [2.24, 2.45) is 11.1 Å². The Balaban J connectivity index is 1.95. The van der Waals surface area contributed by atoms with Gasteiger partial charge in [-0.25, -0.2) is 0 Å². The minimum Gasteiger partial charge on any atom is -0.411 e. The number of oxime groups is 1. The Kier molecular flexibility index (Phi) is 8.60. The van der Waals surface area contributed by atoms with Crippen molar-refractivity contribution in [2.75, 3.05) is 6.61 Å². The molecule has 0 bridgehead atoms. The molecule has 0 saturated carbocycles. The van der Waals surface area contributed by atoms with Crippen molar-refractivity contribution < 1.29 is 15.1 Å². The van der Waals surface area contributed by atoms with E-state index >= 15 is 0 Å². The zero-order valence-electron chi connectivity index (χ0n) is 20.6. The van der Waals surface area contributed by atoms with Crippen molar-refractivity contribution in [3.8, 4) is 0 Å². The molecule has 0 fully saturated rings. The number of aliphatic hydroxyl groups excluding tert-OH is 1. The van der Waals surface area contributed by atoms with Crippen LogP contribution in [0.25, 0.3) is 0 Å². The fourth-order valence-electron chi connectivity index (χ4n) is 4.10. The van der Waals surface area contributed by atoms with Crippen LogP contribution in [-0.4, -0.2) is 39.6 Å². The topological polar surface area (TPSA) is 115 Å². The van der Waals surface area contributed by atoms with Gasteiger partial charge in [-0.15, -0.1) is 0 Å². The molecule has 0 aliphatic heterocycles. The third-order valence-electron chi connectivity index (χ3n) is 6.40. The van der Waals surface area contributed by atoms with Crippen LogP contribution in [0.2, 0.25) is 0 Å². The van der Waals surface area contributed by atoms with E-state index in [1.807, 2.05) is 57.2 Å². The lowest BCUT2D eigenvalue weighted by atomic mass is 9.83. The zero-order valence-corrected chi connectivity index (χ0v) is 20.6. The summed E-state index contributed by atoms with van der Waals surface area (Å²) in [7, 11) is 0. The molecule has 0 spiro atoms. The number of pyridine rings is 1. The van der Waals surface area contributed by atoms with Crippen molar-refractivity contribution in [2.45, 2.75) is 46.1 Å². The van der Waals surface area contributed by atoms with E-state index < -0.39 is 0 Å². The van der Waals surface area contributed by atoms with E-state index in [1.54, 1.807) is 31.3 Å². The number of aromatic amines is 1. The van der Waals surface area contributed by atoms with Crippen molar-refractivity contribution >= 4 is 11.6 Å². The maximum Gasteiger partial charge on any atom is 0.251 e. The van der Waals surface area contributed by atoms with Gasteiger partial charge in [0.15, 0.2) is 0 Å². The predicted octanol–water partition coefficient (Wildman–Crippen LogP) is 4.14. The molecule has 7 heteroatoms. The van der Waals surface area contributed by atoms with Gasteiger partial charge in [0, 0.05) is 35.2 Å². The van der Waals surface area contributed by atoms with Crippen LogP contribution in [-0.2, 0) is 0 Å². The molecule has 0 aliphatic carbocycles. The van der Waals surface area contributed by atoms with E-state index in [-0.39, 0.29) is 36.0 Å². The van der Waals surface area contributed by atoms with Gasteiger partial charge < -0.3 is 20.6 Å². The van der Waals surface area contributed by atoms with Crippen molar-refractivity contribution in [1.82, 2.24) is 10.3 Å². The van der Waals surface area contributed by atoms with Gasteiger partial charge in [-0.3, -0.25) is 9.59 Å². The second-order valence-corrected chi connectivity index (χ2v) is 9.19. The SMILES string of the molecule is Cc1ccccc1C(C/C(=N\O)c1c[nH]c(=O)c(C)c1)c1ccc(C(=O)N[C@@H](CO)C(C)C)cc1. The summed E-state index contributed by atoms with van der Waals surface area (Å²) < 4.78 is 0. The Morgan fingerprint density at radius 3 is 2.29 bits per heavy atom. The average molecular weight is 476 g/mol. The summed E-state index contributed by atoms with van der Waals surface area (Å²) >= 11 is 0. The predicted molar refractivity (Wildman–Crippen MR) is 137 cm³/mol. The second kappa shape index (κ2) is 11.6. The lowest BCUT2D eigenvalue weighted by Crippen LogP contribution is -2.41. The van der Waals surface area contributed by atoms with Gasteiger partial charge in [-0.05, 0) is 54.7 Å². The first-order valence-electron chi connectivity index (χ1n) is 11.7. The molecule has 2 atom stereocenters. The van der Waals surface area contributed by atoms with Crippen molar-refractivity contribution in [3.05, 3.63) is 105 Å². The molecule has 7 nitrogen and oxygen atoms in total. The van der Waals surface area contributed by atoms with Gasteiger partial charge in [0.25, 0.3) is 11.5 Å². The largest absolute Gasteiger partial charge is 0.411 e. The van der Waals surface area contributed by atoms with Gasteiger partial charge in [0.05, 0.1) is 18.4 Å². The maximum atomic E-state index is 12.7. The highest BCUT2D eigenvalue weighted by Gasteiger charge is 2.22. The Bertz CT molecular complexity index is 1250. The smallest absolute Gasteiger partial charge is 0.251 e. The van der Waals surface area contributed by atoms with E-state index in [0.29, 0.717) is 28.8 Å². The molecule has 1 heterocycles. The highest BCUT2D eigenvalue weighted by Crippen LogP contribution is 2.32. The lowest BCUT2D eigenvalue weighted by Gasteiger charge is -2.22. The first kappa shape index (κ1) is 25.9. The molecule has 3 aromatic rings. The van der Waals surface area contributed by atoms with Crippen molar-refractivity contribution in [3.63, 3.8) is 0 Å². The summed E-state index contributed by atoms with van der Waals surface area (Å²) in [4.78, 5) is 27.2. The maximum absolute atomic E-state index is 12.7. The molecule has 3 rings (SSSR count). The Morgan fingerprint density at radius 2 is 1.71 bits per heavy atom. The molecule has 184 valence electrons.